The van der Waals surface area contributed by atoms with E-state index in [1.54, 1.807) is 49.6 Å². The van der Waals surface area contributed by atoms with Gasteiger partial charge in [0.2, 0.25) is 0 Å². The lowest BCUT2D eigenvalue weighted by Gasteiger charge is -2.01. The monoisotopic (exact) mass is 339 g/mol. The Bertz CT molecular complexity index is 988. The van der Waals surface area contributed by atoms with Gasteiger partial charge in [-0.3, -0.25) is 9.59 Å². The molecule has 0 bridgehead atoms. The molecule has 0 saturated heterocycles. The van der Waals surface area contributed by atoms with Gasteiger partial charge in [0.1, 0.15) is 5.75 Å². The van der Waals surface area contributed by atoms with Gasteiger partial charge in [0.25, 0.3) is 5.56 Å². The molecule has 0 radical (unpaired) electrons. The van der Waals surface area contributed by atoms with Crippen LogP contribution in [0.5, 0.6) is 5.75 Å². The highest BCUT2D eigenvalue weighted by molar-refractivity contribution is 6.31. The van der Waals surface area contributed by atoms with Crippen LogP contribution in [0.1, 0.15) is 15.9 Å². The quantitative estimate of drug-likeness (QED) is 0.575. The number of rotatable bonds is 4. The summed E-state index contributed by atoms with van der Waals surface area (Å²) in [4.78, 5) is 27.1. The summed E-state index contributed by atoms with van der Waals surface area (Å²) in [5.74, 6) is 0.382. The molecule has 0 amide bonds. The topological polar surface area (TPSA) is 59.2 Å². The molecule has 1 heterocycles. The van der Waals surface area contributed by atoms with Crippen LogP contribution >= 0.6 is 11.6 Å². The third-order valence-corrected chi connectivity index (χ3v) is 3.85. The highest BCUT2D eigenvalue weighted by Gasteiger charge is 2.09. The van der Waals surface area contributed by atoms with Crippen LogP contribution in [0.4, 0.5) is 0 Å². The first-order valence-corrected chi connectivity index (χ1v) is 7.64. The van der Waals surface area contributed by atoms with Crippen molar-refractivity contribution in [2.75, 3.05) is 7.11 Å². The predicted molar refractivity (Wildman–Crippen MR) is 95.9 cm³/mol. The second-order valence-corrected chi connectivity index (χ2v) is 5.65. The molecule has 0 aliphatic rings. The van der Waals surface area contributed by atoms with Gasteiger partial charge in [-0.1, -0.05) is 35.9 Å². The minimum atomic E-state index is -0.436. The van der Waals surface area contributed by atoms with E-state index in [-0.39, 0.29) is 11.3 Å². The number of hydrogen-bond donors (Lipinski definition) is 1. The van der Waals surface area contributed by atoms with Crippen LogP contribution in [0.3, 0.4) is 0 Å². The van der Waals surface area contributed by atoms with Crippen molar-refractivity contribution in [1.29, 1.82) is 0 Å². The van der Waals surface area contributed by atoms with Crippen molar-refractivity contribution in [3.8, 4) is 5.75 Å². The second-order valence-electron chi connectivity index (χ2n) is 5.21. The van der Waals surface area contributed by atoms with Crippen LogP contribution in [-0.4, -0.2) is 17.9 Å². The van der Waals surface area contributed by atoms with E-state index in [1.807, 2.05) is 12.1 Å². The molecule has 0 atom stereocenters. The maximum absolute atomic E-state index is 12.3. The Morgan fingerprint density at radius 1 is 1.12 bits per heavy atom. The molecule has 0 saturated carbocycles. The number of ether oxygens (including phenoxy) is 1. The number of benzene rings is 2. The van der Waals surface area contributed by atoms with Gasteiger partial charge in [-0.2, -0.15) is 0 Å². The highest BCUT2D eigenvalue weighted by atomic mass is 35.5. The fraction of sp³-hybridized carbons (Fsp3) is 0.0526. The molecule has 0 aliphatic heterocycles. The summed E-state index contributed by atoms with van der Waals surface area (Å²) in [6.45, 7) is 0. The first-order valence-electron chi connectivity index (χ1n) is 7.26. The number of fused-ring (bicyclic) bond motifs is 1. The van der Waals surface area contributed by atoms with E-state index >= 15 is 0 Å². The van der Waals surface area contributed by atoms with Crippen LogP contribution in [0.15, 0.2) is 59.4 Å². The van der Waals surface area contributed by atoms with E-state index in [1.165, 1.54) is 6.08 Å². The second kappa shape index (κ2) is 6.72. The largest absolute Gasteiger partial charge is 0.497 e. The first kappa shape index (κ1) is 16.0. The Labute approximate surface area is 143 Å². The Morgan fingerprint density at radius 3 is 2.58 bits per heavy atom. The molecule has 0 spiro atoms. The zero-order valence-electron chi connectivity index (χ0n) is 12.9. The van der Waals surface area contributed by atoms with Crippen LogP contribution < -0.4 is 10.3 Å². The number of aromatic amines is 1. The van der Waals surface area contributed by atoms with E-state index in [0.29, 0.717) is 10.5 Å². The summed E-state index contributed by atoms with van der Waals surface area (Å²) in [6.07, 6.45) is 3.04. The summed E-state index contributed by atoms with van der Waals surface area (Å²) in [5, 5.41) is 1.27. The zero-order valence-corrected chi connectivity index (χ0v) is 13.6. The number of methoxy groups -OCH3 is 1. The molecule has 3 aromatic rings. The van der Waals surface area contributed by atoms with Crippen molar-refractivity contribution in [1.82, 2.24) is 4.98 Å². The zero-order chi connectivity index (χ0) is 17.1. The summed E-state index contributed by atoms with van der Waals surface area (Å²) >= 11 is 5.90. The molecule has 3 rings (SSSR count). The number of halogens is 1. The van der Waals surface area contributed by atoms with Crippen molar-refractivity contribution < 1.29 is 9.53 Å². The molecule has 2 aromatic carbocycles. The maximum Gasteiger partial charge on any atom is 0.259 e. The van der Waals surface area contributed by atoms with Gasteiger partial charge in [-0.05, 0) is 47.4 Å². The fourth-order valence-corrected chi connectivity index (χ4v) is 2.51. The van der Waals surface area contributed by atoms with Gasteiger partial charge < -0.3 is 9.72 Å². The predicted octanol–water partition coefficient (Wildman–Crippen LogP) is 4.09. The molecule has 120 valence electrons. The van der Waals surface area contributed by atoms with E-state index in [2.05, 4.69) is 4.98 Å². The van der Waals surface area contributed by atoms with E-state index < -0.39 is 5.56 Å². The average Bonchev–Trinajstić information content (AvgIpc) is 2.59. The van der Waals surface area contributed by atoms with Crippen LogP contribution in [-0.2, 0) is 0 Å². The number of aromatic nitrogens is 1. The minimum absolute atomic E-state index is 0.0922. The van der Waals surface area contributed by atoms with Crippen LogP contribution in [0.2, 0.25) is 5.02 Å². The van der Waals surface area contributed by atoms with E-state index in [9.17, 15) is 9.59 Å². The summed E-state index contributed by atoms with van der Waals surface area (Å²) in [5.41, 5.74) is 1.10. The molecule has 5 heteroatoms. The number of carbonyl (C=O) groups is 1. The molecule has 0 fully saturated rings. The molecule has 24 heavy (non-hydrogen) atoms. The number of carbonyl (C=O) groups excluding carboxylic acids is 1. The Hall–Kier alpha value is -2.85. The molecule has 4 nitrogen and oxygen atoms in total. The van der Waals surface area contributed by atoms with Gasteiger partial charge in [-0.15, -0.1) is 0 Å². The van der Waals surface area contributed by atoms with Crippen molar-refractivity contribution in [3.05, 3.63) is 81.1 Å². The molecular formula is C19H14ClNO3. The van der Waals surface area contributed by atoms with E-state index in [4.69, 9.17) is 16.3 Å². The highest BCUT2D eigenvalue weighted by Crippen LogP contribution is 2.17. The number of ketones is 1. The lowest BCUT2D eigenvalue weighted by atomic mass is 10.1. The Morgan fingerprint density at radius 2 is 1.88 bits per heavy atom. The van der Waals surface area contributed by atoms with Gasteiger partial charge in [-0.25, -0.2) is 0 Å². The lowest BCUT2D eigenvalue weighted by molar-refractivity contribution is 0.104. The minimum Gasteiger partial charge on any atom is -0.497 e. The standard InChI is InChI=1S/C19H14ClNO3/c1-24-15-7-2-12(3-8-15)4-9-18(22)16-10-13-5-6-14(20)11-17(13)21-19(16)23/h2-11H,1H3,(H,21,23)/b9-4+. The fourth-order valence-electron chi connectivity index (χ4n) is 2.33. The lowest BCUT2D eigenvalue weighted by Crippen LogP contribution is -2.16. The SMILES string of the molecule is COc1ccc(/C=C/C(=O)c2cc3ccc(Cl)cc3[nH]c2=O)cc1. The maximum atomic E-state index is 12.3. The van der Waals surface area contributed by atoms with Crippen LogP contribution in [0, 0.1) is 0 Å². The van der Waals surface area contributed by atoms with Crippen LogP contribution in [0.25, 0.3) is 17.0 Å². The summed E-state index contributed by atoms with van der Waals surface area (Å²) < 4.78 is 5.08. The van der Waals surface area contributed by atoms with Crippen molar-refractivity contribution in [3.63, 3.8) is 0 Å². The van der Waals surface area contributed by atoms with Crippen molar-refractivity contribution in [2.24, 2.45) is 0 Å². The number of H-pyrrole nitrogens is 1. The van der Waals surface area contributed by atoms with Gasteiger partial charge in [0.15, 0.2) is 5.78 Å². The smallest absolute Gasteiger partial charge is 0.259 e. The molecule has 0 unspecified atom stereocenters. The normalized spacial score (nSPS) is 11.1. The molecule has 1 N–H and O–H groups in total. The molecule has 0 aliphatic carbocycles. The van der Waals surface area contributed by atoms with Crippen molar-refractivity contribution in [2.45, 2.75) is 0 Å². The van der Waals surface area contributed by atoms with Crippen molar-refractivity contribution >= 4 is 34.4 Å². The first-order chi connectivity index (χ1) is 11.6. The third kappa shape index (κ3) is 3.39. The van der Waals surface area contributed by atoms with E-state index in [0.717, 1.165) is 16.7 Å². The average molecular weight is 340 g/mol. The van der Waals surface area contributed by atoms with Gasteiger partial charge >= 0.3 is 0 Å². The number of hydrogen-bond acceptors (Lipinski definition) is 3. The molecule has 1 aromatic heterocycles. The van der Waals surface area contributed by atoms with Gasteiger partial charge in [0.05, 0.1) is 12.7 Å². The third-order valence-electron chi connectivity index (χ3n) is 3.62. The number of pyridine rings is 1. The molecular weight excluding hydrogens is 326 g/mol. The number of nitrogens with one attached hydrogen (secondary N) is 1. The Balaban J connectivity index is 1.90. The summed E-state index contributed by atoms with van der Waals surface area (Å²) in [6, 6.07) is 14.0. The van der Waals surface area contributed by atoms with Gasteiger partial charge in [0, 0.05) is 10.5 Å². The number of allylic oxidation sites excluding steroid dienone is 1. The Kier molecular flexibility index (Phi) is 4.49. The summed E-state index contributed by atoms with van der Waals surface area (Å²) in [7, 11) is 1.59.